The van der Waals surface area contributed by atoms with E-state index in [2.05, 4.69) is 5.32 Å². The predicted molar refractivity (Wildman–Crippen MR) is 90.6 cm³/mol. The number of benzene rings is 1. The third-order valence-electron chi connectivity index (χ3n) is 3.24. The maximum atomic E-state index is 12.1. The second kappa shape index (κ2) is 7.58. The van der Waals surface area contributed by atoms with Crippen LogP contribution < -0.4 is 16.6 Å². The number of pyridine rings is 1. The molecule has 9 nitrogen and oxygen atoms in total. The number of primary amides is 1. The molecular formula is C15H13ClN4O5. The molecule has 0 radical (unpaired) electrons. The second-order valence-corrected chi connectivity index (χ2v) is 5.48. The second-order valence-electron chi connectivity index (χ2n) is 5.04. The van der Waals surface area contributed by atoms with E-state index in [1.807, 2.05) is 0 Å². The van der Waals surface area contributed by atoms with Crippen molar-refractivity contribution in [2.24, 2.45) is 5.73 Å². The van der Waals surface area contributed by atoms with Gasteiger partial charge in [-0.15, -0.1) is 0 Å². The van der Waals surface area contributed by atoms with Crippen molar-refractivity contribution >= 4 is 34.8 Å². The van der Waals surface area contributed by atoms with Crippen LogP contribution in [0.3, 0.4) is 0 Å². The number of nitrogens with zero attached hydrogens (tertiary/aromatic N) is 2. The summed E-state index contributed by atoms with van der Waals surface area (Å²) in [6.07, 6.45) is 0.813. The first-order valence-electron chi connectivity index (χ1n) is 7.02. The number of halogens is 1. The van der Waals surface area contributed by atoms with Gasteiger partial charge in [0, 0.05) is 29.7 Å². The van der Waals surface area contributed by atoms with Crippen LogP contribution in [-0.4, -0.2) is 21.3 Å². The number of hydrogen-bond donors (Lipinski definition) is 2. The van der Waals surface area contributed by atoms with Crippen molar-refractivity contribution in [2.75, 3.05) is 5.32 Å². The smallest absolute Gasteiger partial charge is 0.286 e. The van der Waals surface area contributed by atoms with E-state index in [4.69, 9.17) is 17.3 Å². The van der Waals surface area contributed by atoms with Gasteiger partial charge in [0.05, 0.1) is 11.1 Å². The van der Waals surface area contributed by atoms with Crippen molar-refractivity contribution in [2.45, 2.75) is 13.0 Å². The zero-order valence-corrected chi connectivity index (χ0v) is 13.5. The molecule has 0 saturated carbocycles. The van der Waals surface area contributed by atoms with Crippen LogP contribution in [0, 0.1) is 10.1 Å². The lowest BCUT2D eigenvalue weighted by Crippen LogP contribution is -2.30. The summed E-state index contributed by atoms with van der Waals surface area (Å²) in [6.45, 7) is -0.160. The van der Waals surface area contributed by atoms with Crippen LogP contribution in [-0.2, 0) is 11.3 Å². The minimum Gasteiger partial charge on any atom is -0.365 e. The molecule has 0 unspecified atom stereocenters. The van der Waals surface area contributed by atoms with Crippen LogP contribution in [0.15, 0.2) is 41.3 Å². The summed E-state index contributed by atoms with van der Waals surface area (Å²) >= 11 is 5.81. The number of carbonyl (C=O) groups is 2. The van der Waals surface area contributed by atoms with Gasteiger partial charge in [0.25, 0.3) is 17.2 Å². The van der Waals surface area contributed by atoms with Gasteiger partial charge in [-0.05, 0) is 18.2 Å². The molecule has 0 aliphatic heterocycles. The van der Waals surface area contributed by atoms with Gasteiger partial charge >= 0.3 is 0 Å². The summed E-state index contributed by atoms with van der Waals surface area (Å²) in [5, 5.41) is 13.9. The van der Waals surface area contributed by atoms with E-state index in [0.717, 1.165) is 16.8 Å². The molecule has 2 amide bonds. The fourth-order valence-electron chi connectivity index (χ4n) is 2.07. The standard InChI is InChI=1S/C15H13ClN4O5/c16-9-2-1-3-10(6-9)18-13(21)4-5-19-8-11(20(24)25)7-12(14(17)22)15(19)23/h1-3,6-8H,4-5H2,(H2,17,22)(H,18,21). The Labute approximate surface area is 146 Å². The minimum atomic E-state index is -1.08. The molecule has 0 aliphatic rings. The van der Waals surface area contributed by atoms with Crippen molar-refractivity contribution in [1.29, 1.82) is 0 Å². The Morgan fingerprint density at radius 3 is 2.64 bits per heavy atom. The maximum Gasteiger partial charge on any atom is 0.286 e. The first-order chi connectivity index (χ1) is 11.8. The zero-order valence-electron chi connectivity index (χ0n) is 12.8. The highest BCUT2D eigenvalue weighted by Gasteiger charge is 2.17. The fourth-order valence-corrected chi connectivity index (χ4v) is 2.26. The third kappa shape index (κ3) is 4.64. The number of carbonyl (C=O) groups excluding carboxylic acids is 2. The average molecular weight is 365 g/mol. The Balaban J connectivity index is 2.16. The maximum absolute atomic E-state index is 12.1. The van der Waals surface area contributed by atoms with Crippen molar-refractivity contribution in [3.05, 3.63) is 67.6 Å². The van der Waals surface area contributed by atoms with Crippen LogP contribution in [0.2, 0.25) is 5.02 Å². The SMILES string of the molecule is NC(=O)c1cc([N+](=O)[O-])cn(CCC(=O)Nc2cccc(Cl)c2)c1=O. The van der Waals surface area contributed by atoms with Gasteiger partial charge in [0.1, 0.15) is 5.56 Å². The highest BCUT2D eigenvalue weighted by Crippen LogP contribution is 2.15. The number of amides is 2. The number of nitrogens with one attached hydrogen (secondary N) is 1. The average Bonchev–Trinajstić information content (AvgIpc) is 2.53. The summed E-state index contributed by atoms with van der Waals surface area (Å²) in [5.74, 6) is -1.51. The molecule has 25 heavy (non-hydrogen) atoms. The summed E-state index contributed by atoms with van der Waals surface area (Å²) in [7, 11) is 0. The highest BCUT2D eigenvalue weighted by atomic mass is 35.5. The summed E-state index contributed by atoms with van der Waals surface area (Å²) in [4.78, 5) is 45.4. The van der Waals surface area contributed by atoms with Gasteiger partial charge in [0.2, 0.25) is 5.91 Å². The fraction of sp³-hybridized carbons (Fsp3) is 0.133. The van der Waals surface area contributed by atoms with Gasteiger partial charge in [-0.3, -0.25) is 24.5 Å². The third-order valence-corrected chi connectivity index (χ3v) is 3.47. The first-order valence-corrected chi connectivity index (χ1v) is 7.40. The number of nitro groups is 1. The Hall–Kier alpha value is -3.20. The van der Waals surface area contributed by atoms with Crippen molar-refractivity contribution in [1.82, 2.24) is 4.57 Å². The minimum absolute atomic E-state index is 0.147. The van der Waals surface area contributed by atoms with E-state index < -0.39 is 33.5 Å². The van der Waals surface area contributed by atoms with Crippen LogP contribution in [0.1, 0.15) is 16.8 Å². The number of nitrogens with two attached hydrogens (primary N) is 1. The highest BCUT2D eigenvalue weighted by molar-refractivity contribution is 6.30. The normalized spacial score (nSPS) is 10.3. The van der Waals surface area contributed by atoms with Crippen LogP contribution in [0.4, 0.5) is 11.4 Å². The van der Waals surface area contributed by atoms with Crippen molar-refractivity contribution < 1.29 is 14.5 Å². The molecule has 1 aromatic carbocycles. The van der Waals surface area contributed by atoms with Crippen LogP contribution in [0.5, 0.6) is 0 Å². The molecule has 0 spiro atoms. The van der Waals surface area contributed by atoms with E-state index in [-0.39, 0.29) is 13.0 Å². The van der Waals surface area contributed by atoms with Gasteiger partial charge in [-0.25, -0.2) is 0 Å². The van der Waals surface area contributed by atoms with E-state index in [1.165, 1.54) is 0 Å². The molecule has 0 atom stereocenters. The molecule has 1 aromatic heterocycles. The van der Waals surface area contributed by atoms with E-state index >= 15 is 0 Å². The Morgan fingerprint density at radius 1 is 1.32 bits per heavy atom. The van der Waals surface area contributed by atoms with Gasteiger partial charge in [0.15, 0.2) is 0 Å². The predicted octanol–water partition coefficient (Wildman–Crippen LogP) is 1.54. The molecule has 1 heterocycles. The summed E-state index contributed by atoms with van der Waals surface area (Å²) in [6, 6.07) is 7.29. The monoisotopic (exact) mass is 364 g/mol. The summed E-state index contributed by atoms with van der Waals surface area (Å²) in [5.41, 5.74) is 3.76. The molecule has 3 N–H and O–H groups in total. The molecule has 0 aliphatic carbocycles. The van der Waals surface area contributed by atoms with Gasteiger partial charge in [-0.2, -0.15) is 0 Å². The van der Waals surface area contributed by atoms with Crippen molar-refractivity contribution in [3.8, 4) is 0 Å². The lowest BCUT2D eigenvalue weighted by molar-refractivity contribution is -0.385. The molecule has 0 saturated heterocycles. The molecule has 10 heteroatoms. The van der Waals surface area contributed by atoms with Crippen LogP contribution >= 0.6 is 11.6 Å². The molecule has 130 valence electrons. The molecule has 2 rings (SSSR count). The van der Waals surface area contributed by atoms with E-state index in [1.54, 1.807) is 24.3 Å². The number of rotatable bonds is 6. The van der Waals surface area contributed by atoms with Gasteiger partial charge < -0.3 is 15.6 Å². The summed E-state index contributed by atoms with van der Waals surface area (Å²) < 4.78 is 0.912. The van der Waals surface area contributed by atoms with Gasteiger partial charge in [-0.1, -0.05) is 17.7 Å². The zero-order chi connectivity index (χ0) is 18.6. The lowest BCUT2D eigenvalue weighted by atomic mass is 10.2. The molecule has 2 aromatic rings. The number of aromatic nitrogens is 1. The number of anilines is 1. The van der Waals surface area contributed by atoms with Crippen molar-refractivity contribution in [3.63, 3.8) is 0 Å². The lowest BCUT2D eigenvalue weighted by Gasteiger charge is -2.08. The van der Waals surface area contributed by atoms with Crippen LogP contribution in [0.25, 0.3) is 0 Å². The Kier molecular flexibility index (Phi) is 5.50. The van der Waals surface area contributed by atoms with E-state index in [9.17, 15) is 24.5 Å². The topological polar surface area (TPSA) is 137 Å². The molecule has 0 fully saturated rings. The molecular weight excluding hydrogens is 352 g/mol. The Bertz CT molecular complexity index is 909. The number of aryl methyl sites for hydroxylation is 1. The van der Waals surface area contributed by atoms with E-state index in [0.29, 0.717) is 10.7 Å². The first kappa shape index (κ1) is 18.1. The largest absolute Gasteiger partial charge is 0.365 e. The quantitative estimate of drug-likeness (QED) is 0.591. The molecule has 0 bridgehead atoms. The Morgan fingerprint density at radius 2 is 2.04 bits per heavy atom. The number of hydrogen-bond acceptors (Lipinski definition) is 5.